The van der Waals surface area contributed by atoms with Crippen LogP contribution in [0.2, 0.25) is 0 Å². The molecule has 0 aromatic heterocycles. The quantitative estimate of drug-likeness (QED) is 0.734. The van der Waals surface area contributed by atoms with E-state index in [1.807, 2.05) is 6.07 Å². The van der Waals surface area contributed by atoms with E-state index in [1.165, 1.54) is 11.1 Å². The van der Waals surface area contributed by atoms with Gasteiger partial charge in [-0.3, -0.25) is 4.79 Å². The summed E-state index contributed by atoms with van der Waals surface area (Å²) in [5, 5.41) is 13.7. The Morgan fingerprint density at radius 1 is 1.26 bits per heavy atom. The molecule has 1 unspecified atom stereocenters. The van der Waals surface area contributed by atoms with Crippen molar-refractivity contribution in [1.29, 1.82) is 0 Å². The van der Waals surface area contributed by atoms with Crippen molar-refractivity contribution in [1.82, 2.24) is 5.32 Å². The van der Waals surface area contributed by atoms with E-state index in [9.17, 15) is 9.90 Å². The Hall–Kier alpha value is -1.19. The Kier molecular flexibility index (Phi) is 2.39. The van der Waals surface area contributed by atoms with Gasteiger partial charge in [0.2, 0.25) is 0 Å². The van der Waals surface area contributed by atoms with Gasteiger partial charge in [-0.2, -0.15) is 0 Å². The van der Waals surface area contributed by atoms with Crippen molar-refractivity contribution in [3.63, 3.8) is 0 Å². The first-order valence-electron chi connectivity index (χ1n) is 7.27. The number of aliphatic hydroxyl groups is 1. The highest BCUT2D eigenvalue weighted by molar-refractivity contribution is 5.95. The van der Waals surface area contributed by atoms with Gasteiger partial charge in [0.15, 0.2) is 5.78 Å². The van der Waals surface area contributed by atoms with Crippen molar-refractivity contribution < 1.29 is 9.90 Å². The molecule has 1 heterocycles. The molecule has 19 heavy (non-hydrogen) atoms. The Labute approximate surface area is 113 Å². The zero-order chi connectivity index (χ0) is 13.0. The molecule has 4 atom stereocenters. The van der Waals surface area contributed by atoms with Crippen LogP contribution in [0.1, 0.15) is 30.4 Å². The Morgan fingerprint density at radius 3 is 3.00 bits per heavy atom. The lowest BCUT2D eigenvalue weighted by Gasteiger charge is -2.55. The lowest BCUT2D eigenvalue weighted by molar-refractivity contribution is -0.143. The van der Waals surface area contributed by atoms with Crippen molar-refractivity contribution in [3.8, 4) is 0 Å². The summed E-state index contributed by atoms with van der Waals surface area (Å²) in [4.78, 5) is 12.8. The molecule has 1 aliphatic heterocycles. The van der Waals surface area contributed by atoms with E-state index >= 15 is 0 Å². The van der Waals surface area contributed by atoms with E-state index in [2.05, 4.69) is 23.5 Å². The monoisotopic (exact) mass is 257 g/mol. The Bertz CT molecular complexity index is 541. The predicted octanol–water partition coefficient (Wildman–Crippen LogP) is 1.18. The molecule has 2 aliphatic carbocycles. The summed E-state index contributed by atoms with van der Waals surface area (Å²) in [6.07, 6.45) is 2.68. The Morgan fingerprint density at radius 2 is 2.11 bits per heavy atom. The minimum absolute atomic E-state index is 0.0717. The standard InChI is InChI=1S/C16H19NO2/c18-14-6-5-12-13-9-10-3-1-2-4-11(10)16(12,15(14)19)7-8-17-13/h1-4,12-14,17-18H,5-9H2/t12-,13+,14?,16+/m0/s1. The van der Waals surface area contributed by atoms with Crippen LogP contribution < -0.4 is 5.32 Å². The van der Waals surface area contributed by atoms with Crippen molar-refractivity contribution >= 4 is 5.78 Å². The molecule has 3 heteroatoms. The largest absolute Gasteiger partial charge is 0.385 e. The van der Waals surface area contributed by atoms with Crippen LogP contribution in [0, 0.1) is 5.92 Å². The number of benzene rings is 1. The lowest BCUT2D eigenvalue weighted by atomic mass is 9.52. The molecule has 0 spiro atoms. The average molecular weight is 257 g/mol. The molecule has 100 valence electrons. The van der Waals surface area contributed by atoms with Crippen LogP contribution in [0.5, 0.6) is 0 Å². The second-order valence-corrected chi connectivity index (χ2v) is 6.21. The highest BCUT2D eigenvalue weighted by Crippen LogP contribution is 2.51. The van der Waals surface area contributed by atoms with Crippen molar-refractivity contribution in [2.45, 2.75) is 43.2 Å². The molecule has 1 aromatic rings. The van der Waals surface area contributed by atoms with E-state index in [1.54, 1.807) is 0 Å². The van der Waals surface area contributed by atoms with Gasteiger partial charge in [-0.1, -0.05) is 24.3 Å². The van der Waals surface area contributed by atoms with E-state index < -0.39 is 11.5 Å². The lowest BCUT2D eigenvalue weighted by Crippen LogP contribution is -2.65. The first-order valence-corrected chi connectivity index (χ1v) is 7.27. The van der Waals surface area contributed by atoms with Crippen LogP contribution >= 0.6 is 0 Å². The topological polar surface area (TPSA) is 49.3 Å². The van der Waals surface area contributed by atoms with Crippen LogP contribution in [-0.4, -0.2) is 29.6 Å². The number of hydrogen-bond donors (Lipinski definition) is 2. The molecule has 2 bridgehead atoms. The highest BCUT2D eigenvalue weighted by atomic mass is 16.3. The van der Waals surface area contributed by atoms with Crippen LogP contribution in [0.3, 0.4) is 0 Å². The van der Waals surface area contributed by atoms with Gasteiger partial charge in [0.25, 0.3) is 0 Å². The summed E-state index contributed by atoms with van der Waals surface area (Å²) in [6, 6.07) is 8.73. The van der Waals surface area contributed by atoms with Gasteiger partial charge in [-0.25, -0.2) is 0 Å². The van der Waals surface area contributed by atoms with Crippen LogP contribution in [0.25, 0.3) is 0 Å². The first-order chi connectivity index (χ1) is 9.23. The molecular weight excluding hydrogens is 238 g/mol. The molecule has 4 rings (SSSR count). The van der Waals surface area contributed by atoms with Gasteiger partial charge in [0.05, 0.1) is 5.41 Å². The summed E-state index contributed by atoms with van der Waals surface area (Å²) in [5.74, 6) is 0.439. The van der Waals surface area contributed by atoms with E-state index in [0.717, 1.165) is 25.8 Å². The number of hydrogen-bond acceptors (Lipinski definition) is 3. The minimum Gasteiger partial charge on any atom is -0.385 e. The predicted molar refractivity (Wildman–Crippen MR) is 72.0 cm³/mol. The van der Waals surface area contributed by atoms with Gasteiger partial charge < -0.3 is 10.4 Å². The fourth-order valence-corrected chi connectivity index (χ4v) is 4.70. The van der Waals surface area contributed by atoms with E-state index in [4.69, 9.17) is 0 Å². The fourth-order valence-electron chi connectivity index (χ4n) is 4.70. The molecule has 0 radical (unpaired) electrons. The van der Waals surface area contributed by atoms with E-state index in [0.29, 0.717) is 18.4 Å². The number of rotatable bonds is 0. The number of fused-ring (bicyclic) bond motifs is 1. The van der Waals surface area contributed by atoms with Gasteiger partial charge in [0.1, 0.15) is 6.10 Å². The number of piperidine rings is 1. The van der Waals surface area contributed by atoms with Crippen LogP contribution in [-0.2, 0) is 16.6 Å². The summed E-state index contributed by atoms with van der Waals surface area (Å²) < 4.78 is 0. The maximum Gasteiger partial charge on any atom is 0.172 e. The maximum atomic E-state index is 12.8. The molecule has 3 nitrogen and oxygen atoms in total. The number of nitrogens with one attached hydrogen (secondary N) is 1. The second kappa shape index (κ2) is 3.90. The maximum absolute atomic E-state index is 12.8. The van der Waals surface area contributed by atoms with E-state index in [-0.39, 0.29) is 5.78 Å². The molecule has 1 saturated carbocycles. The molecule has 3 aliphatic rings. The third-order valence-corrected chi connectivity index (χ3v) is 5.48. The number of aliphatic hydroxyl groups excluding tert-OH is 1. The van der Waals surface area contributed by atoms with Crippen LogP contribution in [0.4, 0.5) is 0 Å². The highest BCUT2D eigenvalue weighted by Gasteiger charge is 2.58. The molecule has 1 aromatic carbocycles. The van der Waals surface area contributed by atoms with Gasteiger partial charge in [0, 0.05) is 6.04 Å². The zero-order valence-electron chi connectivity index (χ0n) is 10.9. The van der Waals surface area contributed by atoms with Crippen molar-refractivity contribution in [2.24, 2.45) is 5.92 Å². The van der Waals surface area contributed by atoms with Gasteiger partial charge in [-0.05, 0) is 49.3 Å². The molecule has 0 amide bonds. The average Bonchev–Trinajstić information content (AvgIpc) is 2.43. The zero-order valence-corrected chi connectivity index (χ0v) is 10.9. The normalized spacial score (nSPS) is 40.5. The third kappa shape index (κ3) is 1.37. The number of ketones is 1. The molecular formula is C16H19NO2. The summed E-state index contributed by atoms with van der Waals surface area (Å²) in [7, 11) is 0. The summed E-state index contributed by atoms with van der Waals surface area (Å²) in [5.41, 5.74) is 2.07. The smallest absolute Gasteiger partial charge is 0.172 e. The number of Topliss-reactive ketones (excluding diaryl/α,β-unsaturated/α-hetero) is 1. The van der Waals surface area contributed by atoms with Gasteiger partial charge >= 0.3 is 0 Å². The third-order valence-electron chi connectivity index (χ3n) is 5.48. The first kappa shape index (κ1) is 11.6. The molecule has 2 fully saturated rings. The van der Waals surface area contributed by atoms with Crippen LogP contribution in [0.15, 0.2) is 24.3 Å². The SMILES string of the molecule is O=C1C(O)CC[C@H]2[C@H]3Cc4ccccc4[C@@]12CCN3. The molecule has 2 N–H and O–H groups in total. The van der Waals surface area contributed by atoms with Crippen molar-refractivity contribution in [2.75, 3.05) is 6.54 Å². The summed E-state index contributed by atoms with van der Waals surface area (Å²) in [6.45, 7) is 0.883. The Balaban J connectivity index is 1.95. The minimum atomic E-state index is -0.763. The summed E-state index contributed by atoms with van der Waals surface area (Å²) >= 11 is 0. The number of carbonyl (C=O) groups excluding carboxylic acids is 1. The molecule has 1 saturated heterocycles. The van der Waals surface area contributed by atoms with Crippen molar-refractivity contribution in [3.05, 3.63) is 35.4 Å². The fraction of sp³-hybridized carbons (Fsp3) is 0.562. The number of carbonyl (C=O) groups is 1. The second-order valence-electron chi connectivity index (χ2n) is 6.21. The van der Waals surface area contributed by atoms with Gasteiger partial charge in [-0.15, -0.1) is 0 Å².